The van der Waals surface area contributed by atoms with Crippen molar-refractivity contribution in [3.63, 3.8) is 0 Å². The summed E-state index contributed by atoms with van der Waals surface area (Å²) < 4.78 is 0. The highest BCUT2D eigenvalue weighted by molar-refractivity contribution is 5.81. The van der Waals surface area contributed by atoms with Crippen molar-refractivity contribution >= 4 is 5.91 Å². The quantitative estimate of drug-likeness (QED) is 0.827. The van der Waals surface area contributed by atoms with Gasteiger partial charge in [-0.05, 0) is 31.4 Å². The normalized spacial score (nSPS) is 18.2. The van der Waals surface area contributed by atoms with Gasteiger partial charge in [-0.15, -0.1) is 0 Å². The standard InChI is InChI=1S/C13H19N3O/c1-9-6-7-10(8-15-9)12(13(14)17)16-11-4-2-3-5-11/h6-8,11-12,16H,2-5H2,1H3,(H2,14,17). The van der Waals surface area contributed by atoms with Crippen molar-refractivity contribution in [3.8, 4) is 0 Å². The first-order valence-corrected chi connectivity index (χ1v) is 6.15. The lowest BCUT2D eigenvalue weighted by molar-refractivity contribution is -0.120. The summed E-state index contributed by atoms with van der Waals surface area (Å²) in [5.74, 6) is -0.331. The molecule has 17 heavy (non-hydrogen) atoms. The summed E-state index contributed by atoms with van der Waals surface area (Å²) in [4.78, 5) is 15.7. The third-order valence-corrected chi connectivity index (χ3v) is 3.31. The van der Waals surface area contributed by atoms with Crippen molar-refractivity contribution in [3.05, 3.63) is 29.6 Å². The van der Waals surface area contributed by atoms with Gasteiger partial charge in [-0.1, -0.05) is 18.9 Å². The van der Waals surface area contributed by atoms with Crippen molar-refractivity contribution in [2.75, 3.05) is 0 Å². The lowest BCUT2D eigenvalue weighted by atomic mass is 10.1. The van der Waals surface area contributed by atoms with Crippen LogP contribution in [0.4, 0.5) is 0 Å². The van der Waals surface area contributed by atoms with E-state index in [2.05, 4.69) is 10.3 Å². The zero-order valence-corrected chi connectivity index (χ0v) is 10.1. The van der Waals surface area contributed by atoms with Crippen molar-refractivity contribution in [2.45, 2.75) is 44.7 Å². The van der Waals surface area contributed by atoms with Crippen molar-refractivity contribution < 1.29 is 4.79 Å². The fraction of sp³-hybridized carbons (Fsp3) is 0.538. The maximum atomic E-state index is 11.5. The van der Waals surface area contributed by atoms with Gasteiger partial charge in [0, 0.05) is 17.9 Å². The minimum atomic E-state index is -0.411. The third-order valence-electron chi connectivity index (χ3n) is 3.31. The maximum Gasteiger partial charge on any atom is 0.239 e. The number of carbonyl (C=O) groups excluding carboxylic acids is 1. The number of aromatic nitrogens is 1. The molecule has 0 saturated heterocycles. The second-order valence-electron chi connectivity index (χ2n) is 4.72. The number of aryl methyl sites for hydroxylation is 1. The SMILES string of the molecule is Cc1ccc(C(NC2CCCC2)C(N)=O)cn1. The molecule has 1 heterocycles. The molecule has 2 rings (SSSR count). The molecular weight excluding hydrogens is 214 g/mol. The highest BCUT2D eigenvalue weighted by atomic mass is 16.1. The Morgan fingerprint density at radius 2 is 2.18 bits per heavy atom. The van der Waals surface area contributed by atoms with Crippen molar-refractivity contribution in [1.82, 2.24) is 10.3 Å². The van der Waals surface area contributed by atoms with Crippen LogP contribution in [0.2, 0.25) is 0 Å². The number of pyridine rings is 1. The second kappa shape index (κ2) is 5.27. The van der Waals surface area contributed by atoms with E-state index >= 15 is 0 Å². The number of nitrogens with zero attached hydrogens (tertiary/aromatic N) is 1. The van der Waals surface area contributed by atoms with E-state index < -0.39 is 6.04 Å². The number of hydrogen-bond donors (Lipinski definition) is 2. The van der Waals surface area contributed by atoms with E-state index in [0.717, 1.165) is 24.1 Å². The zero-order valence-electron chi connectivity index (χ0n) is 10.1. The fourth-order valence-electron chi connectivity index (χ4n) is 2.32. The van der Waals surface area contributed by atoms with Crippen LogP contribution in [0.3, 0.4) is 0 Å². The summed E-state index contributed by atoms with van der Waals surface area (Å²) in [6.07, 6.45) is 6.45. The number of primary amides is 1. The maximum absolute atomic E-state index is 11.5. The van der Waals surface area contributed by atoms with Crippen molar-refractivity contribution in [1.29, 1.82) is 0 Å². The summed E-state index contributed by atoms with van der Waals surface area (Å²) >= 11 is 0. The molecule has 0 aromatic carbocycles. The topological polar surface area (TPSA) is 68.0 Å². The summed E-state index contributed by atoms with van der Waals surface area (Å²) in [7, 11) is 0. The fourth-order valence-corrected chi connectivity index (χ4v) is 2.32. The molecule has 1 unspecified atom stereocenters. The molecule has 1 fully saturated rings. The Kier molecular flexibility index (Phi) is 3.74. The molecule has 92 valence electrons. The molecule has 4 nitrogen and oxygen atoms in total. The van der Waals surface area contributed by atoms with Gasteiger partial charge in [-0.25, -0.2) is 0 Å². The van der Waals surface area contributed by atoms with Gasteiger partial charge in [0.25, 0.3) is 0 Å². The van der Waals surface area contributed by atoms with E-state index in [4.69, 9.17) is 5.73 Å². The van der Waals surface area contributed by atoms with Crippen LogP contribution in [0.1, 0.15) is 43.0 Å². The monoisotopic (exact) mass is 233 g/mol. The molecule has 1 atom stereocenters. The first kappa shape index (κ1) is 12.0. The van der Waals surface area contributed by atoms with Gasteiger partial charge in [0.1, 0.15) is 6.04 Å². The van der Waals surface area contributed by atoms with Crippen LogP contribution in [0, 0.1) is 6.92 Å². The van der Waals surface area contributed by atoms with Crippen LogP contribution < -0.4 is 11.1 Å². The van der Waals surface area contributed by atoms with Gasteiger partial charge in [0.05, 0.1) is 0 Å². The van der Waals surface area contributed by atoms with Crippen LogP contribution in [-0.2, 0) is 4.79 Å². The van der Waals surface area contributed by atoms with Gasteiger partial charge in [-0.2, -0.15) is 0 Å². The average molecular weight is 233 g/mol. The lowest BCUT2D eigenvalue weighted by Crippen LogP contribution is -2.38. The van der Waals surface area contributed by atoms with Crippen LogP contribution in [0.15, 0.2) is 18.3 Å². The molecule has 0 aliphatic heterocycles. The van der Waals surface area contributed by atoms with E-state index in [1.807, 2.05) is 19.1 Å². The van der Waals surface area contributed by atoms with Gasteiger partial charge >= 0.3 is 0 Å². The number of amides is 1. The largest absolute Gasteiger partial charge is 0.368 e. The molecule has 3 N–H and O–H groups in total. The Morgan fingerprint density at radius 3 is 2.71 bits per heavy atom. The smallest absolute Gasteiger partial charge is 0.239 e. The summed E-state index contributed by atoms with van der Waals surface area (Å²) in [5.41, 5.74) is 7.25. The average Bonchev–Trinajstić information content (AvgIpc) is 2.80. The summed E-state index contributed by atoms with van der Waals surface area (Å²) in [6.45, 7) is 1.92. The molecule has 0 radical (unpaired) electrons. The van der Waals surface area contributed by atoms with E-state index in [1.165, 1.54) is 12.8 Å². The first-order valence-electron chi connectivity index (χ1n) is 6.15. The highest BCUT2D eigenvalue weighted by Crippen LogP contribution is 2.21. The Hall–Kier alpha value is -1.42. The molecule has 1 saturated carbocycles. The van der Waals surface area contributed by atoms with Crippen LogP contribution in [0.5, 0.6) is 0 Å². The van der Waals surface area contributed by atoms with Crippen LogP contribution >= 0.6 is 0 Å². The number of nitrogens with two attached hydrogens (primary N) is 1. The van der Waals surface area contributed by atoms with E-state index in [-0.39, 0.29) is 5.91 Å². The van der Waals surface area contributed by atoms with Gasteiger partial charge in [-0.3, -0.25) is 15.1 Å². The molecule has 1 aromatic rings. The highest BCUT2D eigenvalue weighted by Gasteiger charge is 2.23. The second-order valence-corrected chi connectivity index (χ2v) is 4.72. The Morgan fingerprint density at radius 1 is 1.47 bits per heavy atom. The van der Waals surface area contributed by atoms with E-state index in [1.54, 1.807) is 6.20 Å². The predicted molar refractivity (Wildman–Crippen MR) is 66.3 cm³/mol. The van der Waals surface area contributed by atoms with E-state index in [0.29, 0.717) is 6.04 Å². The predicted octanol–water partition coefficient (Wildman–Crippen LogP) is 1.45. The summed E-state index contributed by atoms with van der Waals surface area (Å²) in [6, 6.07) is 3.82. The third kappa shape index (κ3) is 3.03. The summed E-state index contributed by atoms with van der Waals surface area (Å²) in [5, 5.41) is 3.34. The molecule has 4 heteroatoms. The van der Waals surface area contributed by atoms with Crippen molar-refractivity contribution in [2.24, 2.45) is 5.73 Å². The minimum Gasteiger partial charge on any atom is -0.368 e. The Labute approximate surface area is 102 Å². The lowest BCUT2D eigenvalue weighted by Gasteiger charge is -2.20. The number of carbonyl (C=O) groups is 1. The van der Waals surface area contributed by atoms with Crippen LogP contribution in [0.25, 0.3) is 0 Å². The number of rotatable bonds is 4. The number of nitrogens with one attached hydrogen (secondary N) is 1. The number of hydrogen-bond acceptors (Lipinski definition) is 3. The molecule has 1 aliphatic rings. The first-order chi connectivity index (χ1) is 8.16. The molecule has 1 amide bonds. The molecule has 1 aliphatic carbocycles. The minimum absolute atomic E-state index is 0.331. The Balaban J connectivity index is 2.10. The molecular formula is C13H19N3O. The van der Waals surface area contributed by atoms with Gasteiger partial charge < -0.3 is 5.73 Å². The van der Waals surface area contributed by atoms with Gasteiger partial charge in [0.15, 0.2) is 0 Å². The van der Waals surface area contributed by atoms with Crippen LogP contribution in [-0.4, -0.2) is 16.9 Å². The zero-order chi connectivity index (χ0) is 12.3. The van der Waals surface area contributed by atoms with Gasteiger partial charge in [0.2, 0.25) is 5.91 Å². The molecule has 0 bridgehead atoms. The molecule has 1 aromatic heterocycles. The van der Waals surface area contributed by atoms with E-state index in [9.17, 15) is 4.79 Å². The Bertz CT molecular complexity index is 382. The molecule has 0 spiro atoms.